The Morgan fingerprint density at radius 1 is 1.15 bits per heavy atom. The molecule has 5 rings (SSSR count). The van der Waals surface area contributed by atoms with Gasteiger partial charge in [0.1, 0.15) is 0 Å². The lowest BCUT2D eigenvalue weighted by Crippen LogP contribution is -2.53. The molecular weight excluding hydrogens is 334 g/mol. The molecular formula is C20H25NO5. The molecule has 0 spiro atoms. The number of benzene rings is 1. The van der Waals surface area contributed by atoms with Crippen LogP contribution in [0.2, 0.25) is 0 Å². The third kappa shape index (κ3) is 2.85. The highest BCUT2D eigenvalue weighted by Crippen LogP contribution is 2.60. The van der Waals surface area contributed by atoms with Crippen molar-refractivity contribution >= 4 is 11.5 Å². The topological polar surface area (TPSA) is 78.7 Å². The van der Waals surface area contributed by atoms with Crippen molar-refractivity contribution in [1.82, 2.24) is 0 Å². The van der Waals surface area contributed by atoms with E-state index >= 15 is 0 Å². The van der Waals surface area contributed by atoms with Gasteiger partial charge in [-0.15, -0.1) is 0 Å². The lowest BCUT2D eigenvalue weighted by molar-refractivity contribution is -0.385. The Hall–Kier alpha value is -2.11. The zero-order valence-electron chi connectivity index (χ0n) is 15.3. The quantitative estimate of drug-likeness (QED) is 0.563. The minimum Gasteiger partial charge on any atom is -0.493 e. The average molecular weight is 359 g/mol. The predicted octanol–water partition coefficient (Wildman–Crippen LogP) is 4.16. The summed E-state index contributed by atoms with van der Waals surface area (Å²) in [6, 6.07) is 4.22. The first kappa shape index (κ1) is 17.3. The number of hydrogen-bond donors (Lipinski definition) is 0. The normalized spacial score (nSPS) is 32.9. The highest BCUT2D eigenvalue weighted by Gasteiger charge is 2.55. The smallest absolute Gasteiger partial charge is 0.273 e. The lowest BCUT2D eigenvalue weighted by atomic mass is 9.48. The van der Waals surface area contributed by atoms with Crippen LogP contribution < -0.4 is 9.47 Å². The van der Waals surface area contributed by atoms with E-state index in [0.29, 0.717) is 23.5 Å². The number of nitrogens with zero attached hydrogens (tertiary/aromatic N) is 1. The molecule has 26 heavy (non-hydrogen) atoms. The average Bonchev–Trinajstić information content (AvgIpc) is 2.59. The summed E-state index contributed by atoms with van der Waals surface area (Å²) in [4.78, 5) is 23.9. The van der Waals surface area contributed by atoms with Crippen LogP contribution in [-0.2, 0) is 4.79 Å². The summed E-state index contributed by atoms with van der Waals surface area (Å²) in [5.41, 5.74) is -0.322. The SMILES string of the molecule is COc1ccc([N+](=O)[O-])cc1OC(C)C(=O)C12CC3CC(CC(C3)C1)C2. The molecule has 1 aromatic rings. The molecule has 140 valence electrons. The minimum atomic E-state index is -0.637. The molecule has 0 aromatic heterocycles. The Kier molecular flexibility index (Phi) is 4.16. The van der Waals surface area contributed by atoms with Gasteiger partial charge in [-0.05, 0) is 69.3 Å². The van der Waals surface area contributed by atoms with Crippen molar-refractivity contribution in [2.24, 2.45) is 23.2 Å². The Bertz CT molecular complexity index is 708. The molecule has 4 bridgehead atoms. The largest absolute Gasteiger partial charge is 0.493 e. The Balaban J connectivity index is 1.55. The second kappa shape index (κ2) is 6.25. The fraction of sp³-hybridized carbons (Fsp3) is 0.650. The first-order valence-electron chi connectivity index (χ1n) is 9.43. The molecule has 6 nitrogen and oxygen atoms in total. The molecule has 0 N–H and O–H groups in total. The number of carbonyl (C=O) groups excluding carboxylic acids is 1. The number of non-ortho nitro benzene ring substituents is 1. The molecule has 1 unspecified atom stereocenters. The number of nitro benzene ring substituents is 1. The van der Waals surface area contributed by atoms with Crippen molar-refractivity contribution < 1.29 is 19.2 Å². The number of Topliss-reactive ketones (excluding diaryl/α,β-unsaturated/α-hetero) is 1. The summed E-state index contributed by atoms with van der Waals surface area (Å²) in [6.45, 7) is 1.76. The fourth-order valence-electron chi connectivity index (χ4n) is 5.96. The number of rotatable bonds is 6. The number of ether oxygens (including phenoxy) is 2. The van der Waals surface area contributed by atoms with Gasteiger partial charge in [-0.25, -0.2) is 0 Å². The van der Waals surface area contributed by atoms with E-state index in [1.165, 1.54) is 44.6 Å². The third-order valence-electron chi connectivity index (χ3n) is 6.59. The van der Waals surface area contributed by atoms with Crippen molar-refractivity contribution in [3.63, 3.8) is 0 Å². The van der Waals surface area contributed by atoms with Gasteiger partial charge in [0.2, 0.25) is 0 Å². The van der Waals surface area contributed by atoms with Crippen molar-refractivity contribution in [3.05, 3.63) is 28.3 Å². The standard InChI is InChI=1S/C20H25NO5/c1-12(26-18-8-16(21(23)24)3-4-17(18)25-2)19(22)20-9-13-5-14(10-20)7-15(6-13)11-20/h3-4,8,12-15H,5-7,9-11H2,1-2H3. The summed E-state index contributed by atoms with van der Waals surface area (Å²) in [6.07, 6.45) is 6.15. The van der Waals surface area contributed by atoms with E-state index in [0.717, 1.165) is 19.3 Å². The zero-order chi connectivity index (χ0) is 18.5. The Labute approximate surface area is 153 Å². The third-order valence-corrected chi connectivity index (χ3v) is 6.59. The van der Waals surface area contributed by atoms with Crippen LogP contribution in [0.25, 0.3) is 0 Å². The van der Waals surface area contributed by atoms with E-state index in [1.54, 1.807) is 6.92 Å². The molecule has 4 saturated carbocycles. The first-order valence-corrected chi connectivity index (χ1v) is 9.43. The summed E-state index contributed by atoms with van der Waals surface area (Å²) < 4.78 is 11.2. The summed E-state index contributed by atoms with van der Waals surface area (Å²) >= 11 is 0. The van der Waals surface area contributed by atoms with Crippen LogP contribution in [0.4, 0.5) is 5.69 Å². The number of hydrogen-bond acceptors (Lipinski definition) is 5. The summed E-state index contributed by atoms with van der Waals surface area (Å²) in [7, 11) is 1.49. The van der Waals surface area contributed by atoms with Crippen molar-refractivity contribution in [2.75, 3.05) is 7.11 Å². The summed E-state index contributed by atoms with van der Waals surface area (Å²) in [5.74, 6) is 2.87. The van der Waals surface area contributed by atoms with E-state index < -0.39 is 11.0 Å². The summed E-state index contributed by atoms with van der Waals surface area (Å²) in [5, 5.41) is 11.0. The van der Waals surface area contributed by atoms with Gasteiger partial charge in [0.05, 0.1) is 18.1 Å². The van der Waals surface area contributed by atoms with Crippen LogP contribution in [0.5, 0.6) is 11.5 Å². The van der Waals surface area contributed by atoms with Crippen LogP contribution in [0.3, 0.4) is 0 Å². The molecule has 0 saturated heterocycles. The second-order valence-electron chi connectivity index (χ2n) is 8.41. The molecule has 0 aliphatic heterocycles. The number of methoxy groups -OCH3 is 1. The minimum absolute atomic E-state index is 0.0738. The maximum absolute atomic E-state index is 13.3. The Morgan fingerprint density at radius 2 is 1.73 bits per heavy atom. The van der Waals surface area contributed by atoms with Gasteiger partial charge in [0.25, 0.3) is 5.69 Å². The maximum Gasteiger partial charge on any atom is 0.273 e. The molecule has 1 atom stereocenters. The monoisotopic (exact) mass is 359 g/mol. The maximum atomic E-state index is 13.3. The molecule has 0 heterocycles. The van der Waals surface area contributed by atoms with E-state index in [-0.39, 0.29) is 22.6 Å². The first-order chi connectivity index (χ1) is 12.4. The molecule has 1 aromatic carbocycles. The van der Waals surface area contributed by atoms with E-state index in [4.69, 9.17) is 9.47 Å². The van der Waals surface area contributed by atoms with Crippen LogP contribution >= 0.6 is 0 Å². The van der Waals surface area contributed by atoms with Gasteiger partial charge in [-0.2, -0.15) is 0 Å². The van der Waals surface area contributed by atoms with Gasteiger partial charge >= 0.3 is 0 Å². The number of carbonyl (C=O) groups is 1. The predicted molar refractivity (Wildman–Crippen MR) is 95.4 cm³/mol. The molecule has 4 aliphatic carbocycles. The van der Waals surface area contributed by atoms with Crippen molar-refractivity contribution in [3.8, 4) is 11.5 Å². The highest BCUT2D eigenvalue weighted by molar-refractivity contribution is 5.89. The molecule has 4 fully saturated rings. The van der Waals surface area contributed by atoms with Gasteiger partial charge in [-0.1, -0.05) is 0 Å². The molecule has 4 aliphatic rings. The Morgan fingerprint density at radius 3 is 2.23 bits per heavy atom. The van der Waals surface area contributed by atoms with Crippen LogP contribution in [0, 0.1) is 33.3 Å². The second-order valence-corrected chi connectivity index (χ2v) is 8.41. The lowest BCUT2D eigenvalue weighted by Gasteiger charge is -2.56. The molecule has 0 radical (unpaired) electrons. The fourth-order valence-corrected chi connectivity index (χ4v) is 5.96. The highest BCUT2D eigenvalue weighted by atomic mass is 16.6. The van der Waals surface area contributed by atoms with Crippen LogP contribution in [0.15, 0.2) is 18.2 Å². The van der Waals surface area contributed by atoms with Gasteiger partial charge in [-0.3, -0.25) is 14.9 Å². The van der Waals surface area contributed by atoms with Crippen LogP contribution in [0.1, 0.15) is 45.4 Å². The number of nitro groups is 1. The van der Waals surface area contributed by atoms with Gasteiger partial charge in [0.15, 0.2) is 23.4 Å². The van der Waals surface area contributed by atoms with Gasteiger partial charge < -0.3 is 9.47 Å². The van der Waals surface area contributed by atoms with Gasteiger partial charge in [0, 0.05) is 11.5 Å². The zero-order valence-corrected chi connectivity index (χ0v) is 15.3. The number of ketones is 1. The van der Waals surface area contributed by atoms with Crippen molar-refractivity contribution in [1.29, 1.82) is 0 Å². The van der Waals surface area contributed by atoms with E-state index in [9.17, 15) is 14.9 Å². The van der Waals surface area contributed by atoms with E-state index in [1.807, 2.05) is 0 Å². The molecule has 6 heteroatoms. The molecule has 0 amide bonds. The van der Waals surface area contributed by atoms with Crippen LogP contribution in [-0.4, -0.2) is 23.9 Å². The van der Waals surface area contributed by atoms with Crippen molar-refractivity contribution in [2.45, 2.75) is 51.6 Å². The van der Waals surface area contributed by atoms with E-state index in [2.05, 4.69) is 0 Å².